The summed E-state index contributed by atoms with van der Waals surface area (Å²) in [5.41, 5.74) is 2.97. The highest BCUT2D eigenvalue weighted by molar-refractivity contribution is 5.88. The minimum atomic E-state index is -0.400. The van der Waals surface area contributed by atoms with Gasteiger partial charge in [0.1, 0.15) is 12.4 Å². The van der Waals surface area contributed by atoms with Gasteiger partial charge < -0.3 is 19.1 Å². The van der Waals surface area contributed by atoms with Gasteiger partial charge in [0.05, 0.1) is 12.1 Å². The molecular formula is C29H43NO4. The van der Waals surface area contributed by atoms with E-state index >= 15 is 0 Å². The summed E-state index contributed by atoms with van der Waals surface area (Å²) >= 11 is 0. The Hall–Kier alpha value is -2.69. The summed E-state index contributed by atoms with van der Waals surface area (Å²) in [6, 6.07) is 5.67. The van der Waals surface area contributed by atoms with Crippen molar-refractivity contribution >= 4 is 10.9 Å². The van der Waals surface area contributed by atoms with E-state index in [0.717, 1.165) is 62.3 Å². The second-order valence-corrected chi connectivity index (χ2v) is 9.26. The second kappa shape index (κ2) is 14.5. The molecule has 0 saturated carbocycles. The Bertz CT molecular complexity index is 1030. The summed E-state index contributed by atoms with van der Waals surface area (Å²) in [5.74, 6) is 0.676. The minimum Gasteiger partial charge on any atom is -0.500 e. The summed E-state index contributed by atoms with van der Waals surface area (Å²) in [4.78, 5) is 13.0. The number of aryl methyl sites for hydroxylation is 1. The van der Waals surface area contributed by atoms with Crippen LogP contribution in [0.15, 0.2) is 46.3 Å². The van der Waals surface area contributed by atoms with Gasteiger partial charge >= 0.3 is 0 Å². The Morgan fingerprint density at radius 2 is 1.76 bits per heavy atom. The standard InChI is InChI=1S/C29H43NO4/c1-6-8-10-11-18-30-26-21-24(33-20-17-23(5)14-12-13-22(3)4)15-16-25(26)28(27(31)29(30)32)34-19-9-7-2/h13,15-17,21,31H,6-12,14,18-20H2,1-5H3/b23-17+. The minimum absolute atomic E-state index is 0.278. The van der Waals surface area contributed by atoms with Crippen molar-refractivity contribution in [3.05, 3.63) is 51.9 Å². The van der Waals surface area contributed by atoms with Crippen LogP contribution in [0.2, 0.25) is 0 Å². The molecule has 0 fully saturated rings. The molecule has 1 aromatic heterocycles. The van der Waals surface area contributed by atoms with E-state index in [4.69, 9.17) is 9.47 Å². The third-order valence-electron chi connectivity index (χ3n) is 5.92. The van der Waals surface area contributed by atoms with Crippen molar-refractivity contribution in [3.63, 3.8) is 0 Å². The number of nitrogens with zero attached hydrogens (tertiary/aromatic N) is 1. The molecule has 5 heteroatoms. The van der Waals surface area contributed by atoms with Gasteiger partial charge in [0, 0.05) is 18.0 Å². The Morgan fingerprint density at radius 3 is 2.47 bits per heavy atom. The van der Waals surface area contributed by atoms with Gasteiger partial charge in [-0.05, 0) is 64.7 Å². The molecule has 0 unspecified atom stereocenters. The van der Waals surface area contributed by atoms with Gasteiger partial charge in [0.15, 0.2) is 5.75 Å². The first-order valence-corrected chi connectivity index (χ1v) is 12.8. The molecule has 0 atom stereocenters. The molecule has 5 nitrogen and oxygen atoms in total. The number of hydrogen-bond acceptors (Lipinski definition) is 4. The lowest BCUT2D eigenvalue weighted by Gasteiger charge is -2.17. The number of hydrogen-bond donors (Lipinski definition) is 1. The zero-order chi connectivity index (χ0) is 24.9. The van der Waals surface area contributed by atoms with E-state index in [9.17, 15) is 9.90 Å². The molecule has 1 N–H and O–H groups in total. The maximum absolute atomic E-state index is 13.0. The van der Waals surface area contributed by atoms with Crippen molar-refractivity contribution in [1.82, 2.24) is 4.57 Å². The first kappa shape index (κ1) is 27.6. The predicted octanol–water partition coefficient (Wildman–Crippen LogP) is 7.54. The van der Waals surface area contributed by atoms with Crippen LogP contribution in [0, 0.1) is 0 Å². The molecule has 1 heterocycles. The van der Waals surface area contributed by atoms with Crippen LogP contribution in [0.1, 0.15) is 86.0 Å². The lowest BCUT2D eigenvalue weighted by atomic mass is 10.1. The van der Waals surface area contributed by atoms with E-state index in [0.29, 0.717) is 25.5 Å². The molecule has 0 aliphatic heterocycles. The number of benzene rings is 1. The number of rotatable bonds is 15. The normalized spacial score (nSPS) is 11.6. The van der Waals surface area contributed by atoms with Crippen LogP contribution in [0.25, 0.3) is 10.9 Å². The summed E-state index contributed by atoms with van der Waals surface area (Å²) in [6.45, 7) is 12.1. The maximum Gasteiger partial charge on any atom is 0.297 e. The van der Waals surface area contributed by atoms with Gasteiger partial charge in [0.2, 0.25) is 5.75 Å². The van der Waals surface area contributed by atoms with Crippen LogP contribution in [0.5, 0.6) is 17.2 Å². The molecule has 0 amide bonds. The van der Waals surface area contributed by atoms with Gasteiger partial charge in [-0.25, -0.2) is 0 Å². The van der Waals surface area contributed by atoms with E-state index in [1.807, 2.05) is 18.2 Å². The Balaban J connectivity index is 2.30. The van der Waals surface area contributed by atoms with Gasteiger partial charge in [0.25, 0.3) is 5.56 Å². The van der Waals surface area contributed by atoms with Crippen LogP contribution in [0.4, 0.5) is 0 Å². The predicted molar refractivity (Wildman–Crippen MR) is 142 cm³/mol. The largest absolute Gasteiger partial charge is 0.500 e. The molecule has 34 heavy (non-hydrogen) atoms. The summed E-state index contributed by atoms with van der Waals surface area (Å²) in [7, 11) is 0. The van der Waals surface area contributed by atoms with Crippen LogP contribution in [-0.4, -0.2) is 22.9 Å². The fraction of sp³-hybridized carbons (Fsp3) is 0.552. The molecule has 0 saturated heterocycles. The van der Waals surface area contributed by atoms with Crippen LogP contribution in [-0.2, 0) is 6.54 Å². The number of fused-ring (bicyclic) bond motifs is 1. The maximum atomic E-state index is 13.0. The summed E-state index contributed by atoms with van der Waals surface area (Å²) in [6.07, 6.45) is 12.4. The lowest BCUT2D eigenvalue weighted by molar-refractivity contribution is 0.293. The highest BCUT2D eigenvalue weighted by Crippen LogP contribution is 2.34. The summed E-state index contributed by atoms with van der Waals surface area (Å²) in [5, 5.41) is 11.4. The fourth-order valence-corrected chi connectivity index (χ4v) is 3.83. The highest BCUT2D eigenvalue weighted by atomic mass is 16.5. The molecule has 2 rings (SSSR count). The quantitative estimate of drug-likeness (QED) is 0.216. The number of aromatic nitrogens is 1. The zero-order valence-electron chi connectivity index (χ0n) is 21.8. The van der Waals surface area contributed by atoms with Crippen LogP contribution < -0.4 is 15.0 Å². The number of allylic oxidation sites excluding steroid dienone is 3. The molecule has 1 aromatic carbocycles. The average Bonchev–Trinajstić information content (AvgIpc) is 2.80. The highest BCUT2D eigenvalue weighted by Gasteiger charge is 2.18. The number of aromatic hydroxyl groups is 1. The van der Waals surface area contributed by atoms with Crippen molar-refractivity contribution in [2.45, 2.75) is 92.5 Å². The van der Waals surface area contributed by atoms with E-state index in [1.165, 1.54) is 11.1 Å². The van der Waals surface area contributed by atoms with Gasteiger partial charge in [-0.1, -0.05) is 56.8 Å². The molecule has 0 aliphatic rings. The fourth-order valence-electron chi connectivity index (χ4n) is 3.83. The monoisotopic (exact) mass is 469 g/mol. The van der Waals surface area contributed by atoms with E-state index in [1.54, 1.807) is 4.57 Å². The Kier molecular flexibility index (Phi) is 11.8. The third kappa shape index (κ3) is 8.27. The van der Waals surface area contributed by atoms with Gasteiger partial charge in [-0.2, -0.15) is 0 Å². The third-order valence-corrected chi connectivity index (χ3v) is 5.92. The van der Waals surface area contributed by atoms with Crippen LogP contribution >= 0.6 is 0 Å². The average molecular weight is 470 g/mol. The number of pyridine rings is 1. The molecule has 0 aliphatic carbocycles. The second-order valence-electron chi connectivity index (χ2n) is 9.26. The van der Waals surface area contributed by atoms with E-state index in [2.05, 4.69) is 46.8 Å². The van der Waals surface area contributed by atoms with Crippen molar-refractivity contribution < 1.29 is 14.6 Å². The first-order chi connectivity index (χ1) is 16.4. The van der Waals surface area contributed by atoms with Crippen molar-refractivity contribution in [2.75, 3.05) is 13.2 Å². The molecule has 0 spiro atoms. The molecule has 2 aromatic rings. The van der Waals surface area contributed by atoms with Crippen molar-refractivity contribution in [1.29, 1.82) is 0 Å². The smallest absolute Gasteiger partial charge is 0.297 e. The molecular weight excluding hydrogens is 426 g/mol. The van der Waals surface area contributed by atoms with Crippen molar-refractivity contribution in [2.24, 2.45) is 0 Å². The van der Waals surface area contributed by atoms with Crippen LogP contribution in [0.3, 0.4) is 0 Å². The first-order valence-electron chi connectivity index (χ1n) is 12.8. The lowest BCUT2D eigenvalue weighted by Crippen LogP contribution is -2.21. The molecule has 188 valence electrons. The Morgan fingerprint density at radius 1 is 1.00 bits per heavy atom. The number of ether oxygens (including phenoxy) is 2. The zero-order valence-corrected chi connectivity index (χ0v) is 21.8. The topological polar surface area (TPSA) is 60.7 Å². The van der Waals surface area contributed by atoms with Gasteiger partial charge in [-0.15, -0.1) is 0 Å². The molecule has 0 bridgehead atoms. The van der Waals surface area contributed by atoms with Gasteiger partial charge in [-0.3, -0.25) is 4.79 Å². The number of unbranched alkanes of at least 4 members (excludes halogenated alkanes) is 4. The summed E-state index contributed by atoms with van der Waals surface area (Å²) < 4.78 is 13.5. The van der Waals surface area contributed by atoms with Crippen molar-refractivity contribution in [3.8, 4) is 17.2 Å². The SMILES string of the molecule is CCCCCCn1c(=O)c(O)c(OCCCC)c2ccc(OC/C=C(\C)CCC=C(C)C)cc21. The Labute approximate surface area is 205 Å². The van der Waals surface area contributed by atoms with E-state index in [-0.39, 0.29) is 11.5 Å². The van der Waals surface area contributed by atoms with E-state index < -0.39 is 5.56 Å². The molecule has 0 radical (unpaired) electrons.